The number of nitrogens with two attached hydrogens (primary N) is 1. The lowest BCUT2D eigenvalue weighted by molar-refractivity contribution is -0.128. The van der Waals surface area contributed by atoms with Crippen molar-refractivity contribution in [2.45, 2.75) is 6.42 Å². The van der Waals surface area contributed by atoms with Crippen LogP contribution in [0, 0.1) is 0 Å². The molecule has 0 fully saturated rings. The van der Waals surface area contributed by atoms with E-state index in [0.29, 0.717) is 6.54 Å². The zero-order chi connectivity index (χ0) is 13.1. The third-order valence-electron chi connectivity index (χ3n) is 3.30. The lowest BCUT2D eigenvalue weighted by Gasteiger charge is -2.15. The van der Waals surface area contributed by atoms with Crippen molar-refractivity contribution in [2.75, 3.05) is 20.1 Å². The van der Waals surface area contributed by atoms with Gasteiger partial charge in [-0.1, -0.05) is 18.2 Å². The minimum Gasteiger partial charge on any atom is -0.350 e. The molecular weight excluding hydrogens is 226 g/mol. The van der Waals surface area contributed by atoms with E-state index in [1.165, 1.54) is 16.5 Å². The van der Waals surface area contributed by atoms with Gasteiger partial charge in [0.25, 0.3) is 0 Å². The molecule has 2 N–H and O–H groups in total. The summed E-state index contributed by atoms with van der Waals surface area (Å²) >= 11 is 0. The fourth-order valence-electron chi connectivity index (χ4n) is 2.19. The van der Waals surface area contributed by atoms with Crippen molar-refractivity contribution in [3.05, 3.63) is 36.0 Å². The molecule has 1 amide bonds. The molecule has 0 bridgehead atoms. The van der Waals surface area contributed by atoms with Crippen molar-refractivity contribution >= 4 is 16.8 Å². The van der Waals surface area contributed by atoms with Crippen molar-refractivity contribution in [1.29, 1.82) is 0 Å². The average molecular weight is 245 g/mol. The smallest absolute Gasteiger partial charge is 0.236 e. The van der Waals surface area contributed by atoms with Crippen LogP contribution in [0.2, 0.25) is 0 Å². The Morgan fingerprint density at radius 3 is 2.83 bits per heavy atom. The molecule has 0 saturated carbocycles. The van der Waals surface area contributed by atoms with Crippen molar-refractivity contribution in [3.8, 4) is 0 Å². The Labute approximate surface area is 107 Å². The van der Waals surface area contributed by atoms with Crippen LogP contribution < -0.4 is 5.73 Å². The van der Waals surface area contributed by atoms with Gasteiger partial charge in [0, 0.05) is 37.7 Å². The number of likely N-dealkylation sites (N-methyl/N-ethyl adjacent to an activating group) is 1. The van der Waals surface area contributed by atoms with Gasteiger partial charge in [0.2, 0.25) is 5.91 Å². The summed E-state index contributed by atoms with van der Waals surface area (Å²) in [6.45, 7) is 0.774. The zero-order valence-corrected chi connectivity index (χ0v) is 10.9. The fourth-order valence-corrected chi connectivity index (χ4v) is 2.19. The van der Waals surface area contributed by atoms with Gasteiger partial charge >= 0.3 is 0 Å². The Morgan fingerprint density at radius 1 is 1.39 bits per heavy atom. The van der Waals surface area contributed by atoms with Crippen molar-refractivity contribution in [1.82, 2.24) is 9.47 Å². The van der Waals surface area contributed by atoms with E-state index in [1.807, 2.05) is 19.2 Å². The highest BCUT2D eigenvalue weighted by atomic mass is 16.2. The van der Waals surface area contributed by atoms with Crippen LogP contribution in [0.5, 0.6) is 0 Å². The van der Waals surface area contributed by atoms with E-state index < -0.39 is 0 Å². The van der Waals surface area contributed by atoms with Gasteiger partial charge in [-0.15, -0.1) is 0 Å². The number of carbonyl (C=O) groups excluding carboxylic acids is 1. The van der Waals surface area contributed by atoms with Gasteiger partial charge in [0.15, 0.2) is 0 Å². The van der Waals surface area contributed by atoms with Crippen LogP contribution in [0.3, 0.4) is 0 Å². The van der Waals surface area contributed by atoms with Gasteiger partial charge in [-0.05, 0) is 18.1 Å². The summed E-state index contributed by atoms with van der Waals surface area (Å²) in [7, 11) is 3.83. The second-order valence-electron chi connectivity index (χ2n) is 4.55. The first-order valence-corrected chi connectivity index (χ1v) is 6.10. The lowest BCUT2D eigenvalue weighted by Crippen LogP contribution is -2.34. The number of carbonyl (C=O) groups is 1. The molecule has 0 unspecified atom stereocenters. The van der Waals surface area contributed by atoms with E-state index in [9.17, 15) is 4.79 Å². The van der Waals surface area contributed by atoms with Gasteiger partial charge in [0.1, 0.15) is 0 Å². The highest BCUT2D eigenvalue weighted by Gasteiger charge is 2.09. The third-order valence-corrected chi connectivity index (χ3v) is 3.30. The lowest BCUT2D eigenvalue weighted by atomic mass is 10.1. The maximum atomic E-state index is 11.4. The Bertz CT molecular complexity index is 559. The SMILES string of the molecule is CN(CCc1cn(C)c2ccccc12)C(=O)CN. The summed E-state index contributed by atoms with van der Waals surface area (Å²) in [6, 6.07) is 8.31. The second-order valence-corrected chi connectivity index (χ2v) is 4.55. The molecule has 4 nitrogen and oxygen atoms in total. The summed E-state index contributed by atoms with van der Waals surface area (Å²) in [5.41, 5.74) is 7.83. The molecule has 2 aromatic rings. The molecule has 0 aliphatic heterocycles. The molecule has 1 aromatic heterocycles. The van der Waals surface area contributed by atoms with Gasteiger partial charge in [-0.25, -0.2) is 0 Å². The number of fused-ring (bicyclic) bond motifs is 1. The van der Waals surface area contributed by atoms with Crippen LogP contribution in [0.25, 0.3) is 10.9 Å². The summed E-state index contributed by atoms with van der Waals surface area (Å²) in [5.74, 6) is -0.0183. The molecular formula is C14H19N3O. The summed E-state index contributed by atoms with van der Waals surface area (Å²) < 4.78 is 2.12. The second kappa shape index (κ2) is 5.23. The van der Waals surface area contributed by atoms with Crippen LogP contribution in [0.15, 0.2) is 30.5 Å². The van der Waals surface area contributed by atoms with Crippen LogP contribution >= 0.6 is 0 Å². The molecule has 4 heteroatoms. The zero-order valence-electron chi connectivity index (χ0n) is 10.9. The fraction of sp³-hybridized carbons (Fsp3) is 0.357. The minimum atomic E-state index is -0.0183. The predicted molar refractivity (Wildman–Crippen MR) is 73.3 cm³/mol. The van der Waals surface area contributed by atoms with E-state index in [-0.39, 0.29) is 12.5 Å². The van der Waals surface area contributed by atoms with E-state index in [2.05, 4.69) is 22.9 Å². The van der Waals surface area contributed by atoms with Gasteiger partial charge < -0.3 is 15.2 Å². The number of para-hydroxylation sites is 1. The van der Waals surface area contributed by atoms with Crippen LogP contribution in [0.4, 0.5) is 0 Å². The number of hydrogen-bond acceptors (Lipinski definition) is 2. The first-order valence-electron chi connectivity index (χ1n) is 6.10. The van der Waals surface area contributed by atoms with Crippen molar-refractivity contribution in [3.63, 3.8) is 0 Å². The number of aromatic nitrogens is 1. The highest BCUT2D eigenvalue weighted by molar-refractivity contribution is 5.84. The third kappa shape index (κ3) is 2.38. The summed E-state index contributed by atoms with van der Waals surface area (Å²) in [5, 5.41) is 1.26. The van der Waals surface area contributed by atoms with Crippen molar-refractivity contribution < 1.29 is 4.79 Å². The quantitative estimate of drug-likeness (QED) is 0.878. The molecule has 2 rings (SSSR count). The first-order chi connectivity index (χ1) is 8.63. The van der Waals surface area contributed by atoms with Crippen LogP contribution in [0.1, 0.15) is 5.56 Å². The van der Waals surface area contributed by atoms with Gasteiger partial charge in [-0.2, -0.15) is 0 Å². The van der Waals surface area contributed by atoms with Crippen LogP contribution in [-0.4, -0.2) is 35.5 Å². The molecule has 0 spiro atoms. The number of amides is 1. The largest absolute Gasteiger partial charge is 0.350 e. The summed E-state index contributed by atoms with van der Waals surface area (Å²) in [6.07, 6.45) is 2.98. The Hall–Kier alpha value is -1.81. The number of hydrogen-bond donors (Lipinski definition) is 1. The Balaban J connectivity index is 2.15. The number of rotatable bonds is 4. The molecule has 1 aromatic carbocycles. The predicted octanol–water partition coefficient (Wildman–Crippen LogP) is 1.14. The van der Waals surface area contributed by atoms with Gasteiger partial charge in [0.05, 0.1) is 6.54 Å². The normalized spacial score (nSPS) is 10.8. The maximum Gasteiger partial charge on any atom is 0.236 e. The molecule has 1 heterocycles. The molecule has 0 saturated heterocycles. The molecule has 0 aliphatic rings. The molecule has 96 valence electrons. The molecule has 0 aliphatic carbocycles. The van der Waals surface area contributed by atoms with E-state index >= 15 is 0 Å². The maximum absolute atomic E-state index is 11.4. The number of nitrogens with zero attached hydrogens (tertiary/aromatic N) is 2. The van der Waals surface area contributed by atoms with E-state index in [4.69, 9.17) is 5.73 Å². The monoisotopic (exact) mass is 245 g/mol. The Morgan fingerprint density at radius 2 is 2.11 bits per heavy atom. The molecule has 0 atom stereocenters. The standard InChI is InChI=1S/C14H19N3O/c1-16(14(18)9-15)8-7-11-10-17(2)13-6-4-3-5-12(11)13/h3-6,10H,7-9,15H2,1-2H3. The summed E-state index contributed by atoms with van der Waals surface area (Å²) in [4.78, 5) is 13.1. The topological polar surface area (TPSA) is 51.3 Å². The van der Waals surface area contributed by atoms with Crippen molar-refractivity contribution in [2.24, 2.45) is 12.8 Å². The highest BCUT2D eigenvalue weighted by Crippen LogP contribution is 2.20. The van der Waals surface area contributed by atoms with Crippen LogP contribution in [-0.2, 0) is 18.3 Å². The van der Waals surface area contributed by atoms with E-state index in [1.54, 1.807) is 11.9 Å². The minimum absolute atomic E-state index is 0.0183. The average Bonchev–Trinajstić information content (AvgIpc) is 2.72. The number of aryl methyl sites for hydroxylation is 1. The molecule has 18 heavy (non-hydrogen) atoms. The number of benzene rings is 1. The van der Waals surface area contributed by atoms with Gasteiger partial charge in [-0.3, -0.25) is 4.79 Å². The first kappa shape index (κ1) is 12.6. The Kier molecular flexibility index (Phi) is 3.67. The molecule has 0 radical (unpaired) electrons. The van der Waals surface area contributed by atoms with E-state index in [0.717, 1.165) is 6.42 Å².